The molecule has 0 aliphatic carbocycles. The van der Waals surface area contributed by atoms with Crippen molar-refractivity contribution in [2.24, 2.45) is 7.05 Å². The zero-order chi connectivity index (χ0) is 11.3. The molecule has 0 aliphatic rings. The molecule has 1 aromatic rings. The predicted molar refractivity (Wildman–Crippen MR) is 56.4 cm³/mol. The topological polar surface area (TPSA) is 58.4 Å². The van der Waals surface area contributed by atoms with Crippen LogP contribution in [0, 0.1) is 0 Å². The quantitative estimate of drug-likeness (QED) is 0.753. The lowest BCUT2D eigenvalue weighted by molar-refractivity contribution is -0.138. The molecular formula is C10H17N3O2. The van der Waals surface area contributed by atoms with Crippen molar-refractivity contribution in [2.45, 2.75) is 19.9 Å². The molecule has 5 nitrogen and oxygen atoms in total. The Morgan fingerprint density at radius 1 is 1.67 bits per heavy atom. The SMILES string of the molecule is CCCN(CC(=O)O)Cc1ccn(C)n1. The first-order valence-corrected chi connectivity index (χ1v) is 5.04. The number of nitrogens with zero attached hydrogens (tertiary/aromatic N) is 3. The van der Waals surface area contributed by atoms with Gasteiger partial charge in [-0.25, -0.2) is 0 Å². The monoisotopic (exact) mass is 211 g/mol. The second-order valence-electron chi connectivity index (χ2n) is 3.59. The summed E-state index contributed by atoms with van der Waals surface area (Å²) in [5, 5.41) is 12.9. The fraction of sp³-hybridized carbons (Fsp3) is 0.600. The Balaban J connectivity index is 2.53. The van der Waals surface area contributed by atoms with E-state index in [-0.39, 0.29) is 6.54 Å². The van der Waals surface area contributed by atoms with Crippen molar-refractivity contribution in [2.75, 3.05) is 13.1 Å². The number of carboxylic acids is 1. The molecule has 0 radical (unpaired) electrons. The maximum absolute atomic E-state index is 10.6. The van der Waals surface area contributed by atoms with Gasteiger partial charge in [0.2, 0.25) is 0 Å². The predicted octanol–water partition coefficient (Wildman–Crippen LogP) is 0.717. The number of aromatic nitrogens is 2. The molecule has 84 valence electrons. The van der Waals surface area contributed by atoms with Crippen LogP contribution in [0.3, 0.4) is 0 Å². The second kappa shape index (κ2) is 5.50. The van der Waals surface area contributed by atoms with Gasteiger partial charge in [-0.05, 0) is 19.0 Å². The third-order valence-electron chi connectivity index (χ3n) is 2.05. The first kappa shape index (κ1) is 11.7. The molecule has 0 amide bonds. The van der Waals surface area contributed by atoms with E-state index in [1.807, 2.05) is 31.1 Å². The summed E-state index contributed by atoms with van der Waals surface area (Å²) < 4.78 is 1.72. The standard InChI is InChI=1S/C10H17N3O2/c1-3-5-13(8-10(14)15)7-9-4-6-12(2)11-9/h4,6H,3,5,7-8H2,1-2H3,(H,14,15). The fourth-order valence-electron chi connectivity index (χ4n) is 1.50. The average Bonchev–Trinajstić information content (AvgIpc) is 2.50. The molecule has 0 aromatic carbocycles. The van der Waals surface area contributed by atoms with Crippen LogP contribution in [0.2, 0.25) is 0 Å². The zero-order valence-electron chi connectivity index (χ0n) is 9.18. The number of hydrogen-bond acceptors (Lipinski definition) is 3. The van der Waals surface area contributed by atoms with Crippen molar-refractivity contribution in [3.8, 4) is 0 Å². The lowest BCUT2D eigenvalue weighted by atomic mass is 10.3. The van der Waals surface area contributed by atoms with Crippen molar-refractivity contribution < 1.29 is 9.90 Å². The number of hydrogen-bond donors (Lipinski definition) is 1. The third-order valence-corrected chi connectivity index (χ3v) is 2.05. The van der Waals surface area contributed by atoms with Crippen molar-refractivity contribution in [1.82, 2.24) is 14.7 Å². The first-order valence-electron chi connectivity index (χ1n) is 5.04. The van der Waals surface area contributed by atoms with E-state index in [1.54, 1.807) is 4.68 Å². The van der Waals surface area contributed by atoms with Crippen molar-refractivity contribution >= 4 is 5.97 Å². The number of rotatable bonds is 6. The summed E-state index contributed by atoms with van der Waals surface area (Å²) in [5.41, 5.74) is 0.909. The molecule has 1 N–H and O–H groups in total. The van der Waals surface area contributed by atoms with Gasteiger partial charge in [-0.2, -0.15) is 5.10 Å². The first-order chi connectivity index (χ1) is 7.11. The summed E-state index contributed by atoms with van der Waals surface area (Å²) in [5.74, 6) is -0.792. The number of carbonyl (C=O) groups is 1. The van der Waals surface area contributed by atoms with Gasteiger partial charge in [-0.3, -0.25) is 14.4 Å². The number of aryl methyl sites for hydroxylation is 1. The fourth-order valence-corrected chi connectivity index (χ4v) is 1.50. The van der Waals surface area contributed by atoms with E-state index in [1.165, 1.54) is 0 Å². The van der Waals surface area contributed by atoms with E-state index in [4.69, 9.17) is 5.11 Å². The Morgan fingerprint density at radius 3 is 2.87 bits per heavy atom. The molecule has 0 unspecified atom stereocenters. The molecular weight excluding hydrogens is 194 g/mol. The molecule has 0 fully saturated rings. The molecule has 0 atom stereocenters. The molecule has 0 spiro atoms. The van der Waals surface area contributed by atoms with Gasteiger partial charge in [0.1, 0.15) is 0 Å². The van der Waals surface area contributed by atoms with Crippen LogP contribution in [-0.4, -0.2) is 38.8 Å². The summed E-state index contributed by atoms with van der Waals surface area (Å²) in [6.07, 6.45) is 2.81. The highest BCUT2D eigenvalue weighted by Crippen LogP contribution is 2.02. The molecule has 0 saturated carbocycles. The van der Waals surface area contributed by atoms with E-state index in [0.717, 1.165) is 18.7 Å². The van der Waals surface area contributed by atoms with Gasteiger partial charge < -0.3 is 5.11 Å². The summed E-state index contributed by atoms with van der Waals surface area (Å²) in [6.45, 7) is 3.49. The summed E-state index contributed by atoms with van der Waals surface area (Å²) in [6, 6.07) is 1.91. The van der Waals surface area contributed by atoms with Crippen LogP contribution in [-0.2, 0) is 18.4 Å². The van der Waals surface area contributed by atoms with E-state index >= 15 is 0 Å². The Morgan fingerprint density at radius 2 is 2.40 bits per heavy atom. The normalized spacial score (nSPS) is 10.9. The molecule has 0 bridgehead atoms. The lowest BCUT2D eigenvalue weighted by Crippen LogP contribution is -2.30. The molecule has 15 heavy (non-hydrogen) atoms. The third kappa shape index (κ3) is 4.12. The maximum Gasteiger partial charge on any atom is 0.317 e. The average molecular weight is 211 g/mol. The highest BCUT2D eigenvalue weighted by Gasteiger charge is 2.10. The van der Waals surface area contributed by atoms with Crippen LogP contribution in [0.1, 0.15) is 19.0 Å². The van der Waals surface area contributed by atoms with Gasteiger partial charge in [-0.15, -0.1) is 0 Å². The number of aliphatic carboxylic acids is 1. The molecule has 5 heteroatoms. The lowest BCUT2D eigenvalue weighted by Gasteiger charge is -2.17. The van der Waals surface area contributed by atoms with E-state index in [9.17, 15) is 4.79 Å². The smallest absolute Gasteiger partial charge is 0.317 e. The van der Waals surface area contributed by atoms with Crippen molar-refractivity contribution in [3.63, 3.8) is 0 Å². The summed E-state index contributed by atoms with van der Waals surface area (Å²) in [4.78, 5) is 12.5. The Labute approximate surface area is 89.3 Å². The van der Waals surface area contributed by atoms with E-state index in [0.29, 0.717) is 6.54 Å². The largest absolute Gasteiger partial charge is 0.480 e. The van der Waals surface area contributed by atoms with Crippen LogP contribution in [0.4, 0.5) is 0 Å². The highest BCUT2D eigenvalue weighted by molar-refractivity contribution is 5.69. The second-order valence-corrected chi connectivity index (χ2v) is 3.59. The maximum atomic E-state index is 10.6. The zero-order valence-corrected chi connectivity index (χ0v) is 9.18. The van der Waals surface area contributed by atoms with Crippen LogP contribution in [0.5, 0.6) is 0 Å². The molecule has 1 aromatic heterocycles. The van der Waals surface area contributed by atoms with Crippen molar-refractivity contribution in [1.29, 1.82) is 0 Å². The number of carboxylic acid groups (broad SMARTS) is 1. The van der Waals surface area contributed by atoms with Gasteiger partial charge in [0.05, 0.1) is 12.2 Å². The van der Waals surface area contributed by atoms with Gasteiger partial charge >= 0.3 is 5.97 Å². The Hall–Kier alpha value is -1.36. The highest BCUT2D eigenvalue weighted by atomic mass is 16.4. The van der Waals surface area contributed by atoms with Crippen LogP contribution >= 0.6 is 0 Å². The van der Waals surface area contributed by atoms with Gasteiger partial charge in [0.15, 0.2) is 0 Å². The minimum Gasteiger partial charge on any atom is -0.480 e. The molecule has 1 heterocycles. The molecule has 0 aliphatic heterocycles. The van der Waals surface area contributed by atoms with Crippen molar-refractivity contribution in [3.05, 3.63) is 18.0 Å². The van der Waals surface area contributed by atoms with E-state index < -0.39 is 5.97 Å². The summed E-state index contributed by atoms with van der Waals surface area (Å²) in [7, 11) is 1.85. The molecule has 0 saturated heterocycles. The molecule has 1 rings (SSSR count). The summed E-state index contributed by atoms with van der Waals surface area (Å²) >= 11 is 0. The minimum absolute atomic E-state index is 0.0738. The Bertz CT molecular complexity index is 322. The van der Waals surface area contributed by atoms with Gasteiger partial charge in [0.25, 0.3) is 0 Å². The van der Waals surface area contributed by atoms with Gasteiger partial charge in [0, 0.05) is 19.8 Å². The minimum atomic E-state index is -0.792. The Kier molecular flexibility index (Phi) is 4.30. The van der Waals surface area contributed by atoms with Crippen LogP contribution < -0.4 is 0 Å². The van der Waals surface area contributed by atoms with Gasteiger partial charge in [-0.1, -0.05) is 6.92 Å². The van der Waals surface area contributed by atoms with Crippen LogP contribution in [0.25, 0.3) is 0 Å². The van der Waals surface area contributed by atoms with Crippen LogP contribution in [0.15, 0.2) is 12.3 Å². The van der Waals surface area contributed by atoms with E-state index in [2.05, 4.69) is 5.10 Å².